The average Bonchev–Trinajstić information content (AvgIpc) is 3.16. The molecule has 1 aliphatic heterocycles. The lowest BCUT2D eigenvalue weighted by Crippen LogP contribution is -2.24. The number of hydrogen-bond donors (Lipinski definition) is 1. The Balaban J connectivity index is 1.52. The van der Waals surface area contributed by atoms with Crippen LogP contribution >= 0.6 is 11.3 Å². The second-order valence-electron chi connectivity index (χ2n) is 6.02. The molecule has 0 aliphatic carbocycles. The van der Waals surface area contributed by atoms with Gasteiger partial charge in [-0.05, 0) is 19.4 Å². The lowest BCUT2D eigenvalue weighted by atomic mass is 10.3. The van der Waals surface area contributed by atoms with Crippen LogP contribution in [0.1, 0.15) is 29.6 Å². The van der Waals surface area contributed by atoms with E-state index in [0.29, 0.717) is 6.54 Å². The second-order valence-corrected chi connectivity index (χ2v) is 6.96. The number of amides is 1. The summed E-state index contributed by atoms with van der Waals surface area (Å²) in [7, 11) is 0. The smallest absolute Gasteiger partial charge is 0.217 e. The molecule has 3 rings (SSSR count). The van der Waals surface area contributed by atoms with Gasteiger partial charge in [0.25, 0.3) is 0 Å². The molecule has 1 atom stereocenters. The van der Waals surface area contributed by atoms with E-state index in [1.165, 1.54) is 11.8 Å². The number of ether oxygens (including phenoxy) is 1. The Hall–Kier alpha value is -1.99. The number of carbonyl (C=O) groups excluding carboxylic acids is 1. The summed E-state index contributed by atoms with van der Waals surface area (Å²) < 4.78 is 6.10. The van der Waals surface area contributed by atoms with Crippen LogP contribution in [0.2, 0.25) is 0 Å². The standard InChI is InChI=1S/C17H22N4O2S/c1-12-17(24-11-20-12)10-21-6-4-16(9-21)23-15-3-5-18-14(7-15)8-19-13(2)22/h3,5,7,11,16H,4,6,8-10H2,1-2H3,(H,19,22). The van der Waals surface area contributed by atoms with Gasteiger partial charge >= 0.3 is 0 Å². The zero-order chi connectivity index (χ0) is 16.9. The van der Waals surface area contributed by atoms with Crippen molar-refractivity contribution in [1.82, 2.24) is 20.2 Å². The van der Waals surface area contributed by atoms with Gasteiger partial charge in [0.05, 0.1) is 23.4 Å². The molecule has 1 amide bonds. The van der Waals surface area contributed by atoms with Crippen LogP contribution in [0.4, 0.5) is 0 Å². The van der Waals surface area contributed by atoms with E-state index in [1.54, 1.807) is 17.5 Å². The molecule has 3 heterocycles. The molecule has 0 saturated carbocycles. The predicted octanol–water partition coefficient (Wildman–Crippen LogP) is 2.14. The normalized spacial score (nSPS) is 17.8. The molecule has 2 aromatic rings. The molecule has 128 valence electrons. The van der Waals surface area contributed by atoms with Crippen LogP contribution < -0.4 is 10.1 Å². The van der Waals surface area contributed by atoms with Crippen molar-refractivity contribution in [3.63, 3.8) is 0 Å². The summed E-state index contributed by atoms with van der Waals surface area (Å²) in [5.41, 5.74) is 3.83. The van der Waals surface area contributed by atoms with Crippen LogP contribution in [0.25, 0.3) is 0 Å². The number of carbonyl (C=O) groups is 1. The fourth-order valence-corrected chi connectivity index (χ4v) is 3.57. The highest BCUT2D eigenvalue weighted by molar-refractivity contribution is 7.09. The van der Waals surface area contributed by atoms with Gasteiger partial charge in [0.2, 0.25) is 5.91 Å². The van der Waals surface area contributed by atoms with Gasteiger partial charge in [-0.15, -0.1) is 11.3 Å². The molecule has 2 aromatic heterocycles. The minimum atomic E-state index is -0.0621. The van der Waals surface area contributed by atoms with Gasteiger partial charge < -0.3 is 10.1 Å². The maximum atomic E-state index is 11.0. The molecule has 1 fully saturated rings. The molecule has 0 spiro atoms. The summed E-state index contributed by atoms with van der Waals surface area (Å²) in [4.78, 5) is 23.3. The molecule has 1 aliphatic rings. The number of thiazole rings is 1. The zero-order valence-electron chi connectivity index (χ0n) is 14.0. The fraction of sp³-hybridized carbons (Fsp3) is 0.471. The van der Waals surface area contributed by atoms with Gasteiger partial charge in [0.15, 0.2) is 0 Å². The van der Waals surface area contributed by atoms with Gasteiger partial charge in [-0.1, -0.05) is 0 Å². The number of likely N-dealkylation sites (tertiary alicyclic amines) is 1. The number of hydrogen-bond acceptors (Lipinski definition) is 6. The third-order valence-electron chi connectivity index (χ3n) is 4.05. The summed E-state index contributed by atoms with van der Waals surface area (Å²) in [5, 5.41) is 2.75. The second kappa shape index (κ2) is 7.72. The fourth-order valence-electron chi connectivity index (χ4n) is 2.75. The topological polar surface area (TPSA) is 67.3 Å². The third-order valence-corrected chi connectivity index (χ3v) is 4.97. The Morgan fingerprint density at radius 1 is 1.50 bits per heavy atom. The Bertz CT molecular complexity index is 703. The van der Waals surface area contributed by atoms with E-state index in [4.69, 9.17) is 4.74 Å². The maximum absolute atomic E-state index is 11.0. The van der Waals surface area contributed by atoms with Gasteiger partial charge in [-0.25, -0.2) is 4.98 Å². The first-order chi connectivity index (χ1) is 11.6. The minimum Gasteiger partial charge on any atom is -0.489 e. The van der Waals surface area contributed by atoms with E-state index >= 15 is 0 Å². The molecule has 1 saturated heterocycles. The van der Waals surface area contributed by atoms with Crippen molar-refractivity contribution in [3.05, 3.63) is 40.1 Å². The lowest BCUT2D eigenvalue weighted by molar-refractivity contribution is -0.119. The monoisotopic (exact) mass is 346 g/mol. The summed E-state index contributed by atoms with van der Waals surface area (Å²) in [6, 6.07) is 3.76. The van der Waals surface area contributed by atoms with Crippen molar-refractivity contribution in [2.45, 2.75) is 39.5 Å². The van der Waals surface area contributed by atoms with Gasteiger partial charge in [-0.3, -0.25) is 14.7 Å². The summed E-state index contributed by atoms with van der Waals surface area (Å²) in [6.07, 6.45) is 2.93. The van der Waals surface area contributed by atoms with Gasteiger partial charge in [0.1, 0.15) is 11.9 Å². The highest BCUT2D eigenvalue weighted by Crippen LogP contribution is 2.22. The number of nitrogens with zero attached hydrogens (tertiary/aromatic N) is 3. The molecule has 1 unspecified atom stereocenters. The first-order valence-electron chi connectivity index (χ1n) is 8.07. The van der Waals surface area contributed by atoms with Crippen LogP contribution in [-0.4, -0.2) is 40.0 Å². The summed E-state index contributed by atoms with van der Waals surface area (Å²) in [5.74, 6) is 0.749. The van der Waals surface area contributed by atoms with Gasteiger partial charge in [-0.2, -0.15) is 0 Å². The van der Waals surface area contributed by atoms with Crippen LogP contribution in [0, 0.1) is 6.92 Å². The molecule has 24 heavy (non-hydrogen) atoms. The number of nitrogens with one attached hydrogen (secondary N) is 1. The van der Waals surface area contributed by atoms with E-state index in [9.17, 15) is 4.79 Å². The molecule has 0 aromatic carbocycles. The Morgan fingerprint density at radius 3 is 3.12 bits per heavy atom. The van der Waals surface area contributed by atoms with Crippen molar-refractivity contribution < 1.29 is 9.53 Å². The molecule has 0 bridgehead atoms. The van der Waals surface area contributed by atoms with Crippen LogP contribution in [-0.2, 0) is 17.9 Å². The maximum Gasteiger partial charge on any atom is 0.217 e. The van der Waals surface area contributed by atoms with Crippen molar-refractivity contribution >= 4 is 17.2 Å². The van der Waals surface area contributed by atoms with E-state index in [-0.39, 0.29) is 12.0 Å². The first-order valence-corrected chi connectivity index (χ1v) is 8.95. The van der Waals surface area contributed by atoms with E-state index < -0.39 is 0 Å². The molecule has 6 nitrogen and oxygen atoms in total. The quantitative estimate of drug-likeness (QED) is 0.868. The van der Waals surface area contributed by atoms with Crippen molar-refractivity contribution in [2.75, 3.05) is 13.1 Å². The largest absolute Gasteiger partial charge is 0.489 e. The summed E-state index contributed by atoms with van der Waals surface area (Å²) >= 11 is 1.71. The van der Waals surface area contributed by atoms with E-state index in [1.807, 2.05) is 17.6 Å². The Kier molecular flexibility index (Phi) is 5.42. The SMILES string of the molecule is CC(=O)NCc1cc(OC2CCN(Cc3scnc3C)C2)ccn1. The lowest BCUT2D eigenvalue weighted by Gasteiger charge is -2.16. The van der Waals surface area contributed by atoms with Crippen LogP contribution in [0.3, 0.4) is 0 Å². The number of aryl methyl sites for hydroxylation is 1. The molecular weight excluding hydrogens is 324 g/mol. The van der Waals surface area contributed by atoms with Crippen molar-refractivity contribution in [2.24, 2.45) is 0 Å². The minimum absolute atomic E-state index is 0.0621. The Labute approximate surface area is 145 Å². The van der Waals surface area contributed by atoms with E-state index in [0.717, 1.165) is 43.2 Å². The van der Waals surface area contributed by atoms with Crippen molar-refractivity contribution in [1.29, 1.82) is 0 Å². The first kappa shape index (κ1) is 16.9. The molecule has 0 radical (unpaired) electrons. The summed E-state index contributed by atoms with van der Waals surface area (Å²) in [6.45, 7) is 6.88. The Morgan fingerprint density at radius 2 is 2.38 bits per heavy atom. The molecule has 1 N–H and O–H groups in total. The predicted molar refractivity (Wildman–Crippen MR) is 92.9 cm³/mol. The van der Waals surface area contributed by atoms with Gasteiger partial charge in [0, 0.05) is 43.7 Å². The number of aromatic nitrogens is 2. The van der Waals surface area contributed by atoms with Crippen LogP contribution in [0.15, 0.2) is 23.8 Å². The molecule has 7 heteroatoms. The van der Waals surface area contributed by atoms with E-state index in [2.05, 4.69) is 27.1 Å². The highest BCUT2D eigenvalue weighted by atomic mass is 32.1. The van der Waals surface area contributed by atoms with Crippen LogP contribution in [0.5, 0.6) is 5.75 Å². The zero-order valence-corrected chi connectivity index (χ0v) is 14.8. The number of rotatable bonds is 6. The van der Waals surface area contributed by atoms with Crippen molar-refractivity contribution in [3.8, 4) is 5.75 Å². The third kappa shape index (κ3) is 4.52. The number of pyridine rings is 1. The highest BCUT2D eigenvalue weighted by Gasteiger charge is 2.24. The molecular formula is C17H22N4O2S. The average molecular weight is 346 g/mol.